The Morgan fingerprint density at radius 3 is 2.30 bits per heavy atom. The molecule has 0 aliphatic carbocycles. The van der Waals surface area contributed by atoms with E-state index in [1.165, 1.54) is 4.57 Å². The number of aromatic amines is 1. The van der Waals surface area contributed by atoms with Gasteiger partial charge in [0.15, 0.2) is 17.2 Å². The second-order valence-corrected chi connectivity index (χ2v) is 6.95. The average molecular weight is 447 g/mol. The Morgan fingerprint density at radius 1 is 1.00 bits per heavy atom. The van der Waals surface area contributed by atoms with Crippen molar-refractivity contribution in [1.82, 2.24) is 19.5 Å². The quantitative estimate of drug-likeness (QED) is 0.414. The lowest BCUT2D eigenvalue weighted by atomic mass is 10.2. The monoisotopic (exact) mass is 447 g/mol. The minimum Gasteiger partial charge on any atom is -0.494 e. The first-order valence-corrected chi connectivity index (χ1v) is 10.3. The minimum atomic E-state index is -0.805. The number of H-pyrrole nitrogens is 1. The first-order valence-electron chi connectivity index (χ1n) is 10.3. The van der Waals surface area contributed by atoms with Crippen molar-refractivity contribution in [2.45, 2.75) is 13.8 Å². The van der Waals surface area contributed by atoms with Crippen LogP contribution in [0.1, 0.15) is 34.7 Å². The molecule has 0 unspecified atom stereocenters. The third-order valence-electron chi connectivity index (χ3n) is 4.83. The van der Waals surface area contributed by atoms with Gasteiger partial charge in [-0.25, -0.2) is 24.1 Å². The molecule has 1 amide bonds. The van der Waals surface area contributed by atoms with Gasteiger partial charge in [0, 0.05) is 5.56 Å². The normalized spacial score (nSPS) is 10.8. The lowest BCUT2D eigenvalue weighted by molar-refractivity contribution is 0.0526. The highest BCUT2D eigenvalue weighted by Crippen LogP contribution is 2.24. The van der Waals surface area contributed by atoms with Crippen molar-refractivity contribution in [3.63, 3.8) is 0 Å². The zero-order valence-corrected chi connectivity index (χ0v) is 18.0. The molecule has 4 rings (SSSR count). The van der Waals surface area contributed by atoms with Gasteiger partial charge in [0.1, 0.15) is 11.3 Å². The largest absolute Gasteiger partial charge is 0.494 e. The van der Waals surface area contributed by atoms with Crippen molar-refractivity contribution < 1.29 is 19.1 Å². The van der Waals surface area contributed by atoms with Crippen LogP contribution < -0.4 is 16.2 Å². The second kappa shape index (κ2) is 8.95. The first kappa shape index (κ1) is 21.8. The maximum absolute atomic E-state index is 12.8. The number of nitrogens with one attached hydrogen (secondary N) is 1. The summed E-state index contributed by atoms with van der Waals surface area (Å²) in [6, 6.07) is 13.3. The van der Waals surface area contributed by atoms with Crippen LogP contribution in [0.2, 0.25) is 0 Å². The van der Waals surface area contributed by atoms with Crippen LogP contribution in [0.3, 0.4) is 0 Å². The van der Waals surface area contributed by atoms with E-state index in [0.29, 0.717) is 29.2 Å². The highest BCUT2D eigenvalue weighted by atomic mass is 16.5. The highest BCUT2D eigenvalue weighted by molar-refractivity contribution is 6.02. The van der Waals surface area contributed by atoms with E-state index in [2.05, 4.69) is 15.0 Å². The Bertz CT molecular complexity index is 1390. The molecule has 2 aromatic heterocycles. The summed E-state index contributed by atoms with van der Waals surface area (Å²) in [4.78, 5) is 48.2. The molecular formula is C23H21N5O5. The average Bonchev–Trinajstić information content (AvgIpc) is 3.15. The van der Waals surface area contributed by atoms with Crippen LogP contribution in [-0.2, 0) is 4.74 Å². The van der Waals surface area contributed by atoms with Gasteiger partial charge in [0.05, 0.1) is 24.5 Å². The number of esters is 1. The Labute approximate surface area is 188 Å². The standard InChI is InChI=1S/C23H21N5O5/c1-3-32-16-11-7-13(8-12-16)20-25-17(19(24)29)18-21(27-20)28(23(31)26-18)15-9-5-14(6-10-15)22(30)33-4-2/h5-12H,3-4H2,1-2H3,(H2,24,29)(H,26,31). The number of primary amides is 1. The SMILES string of the molecule is CCOC(=O)c1ccc(-n2c(=O)[nH]c3c(C(N)=O)nc(-c4ccc(OCC)cc4)nc32)cc1. The lowest BCUT2D eigenvalue weighted by Crippen LogP contribution is -2.15. The van der Waals surface area contributed by atoms with E-state index in [0.717, 1.165) is 0 Å². The van der Waals surface area contributed by atoms with E-state index in [4.69, 9.17) is 15.2 Å². The minimum absolute atomic E-state index is 0.108. The molecule has 0 bridgehead atoms. The fourth-order valence-electron chi connectivity index (χ4n) is 3.36. The number of ether oxygens (including phenoxy) is 2. The molecular weight excluding hydrogens is 426 g/mol. The number of hydrogen-bond donors (Lipinski definition) is 2. The number of imidazole rings is 1. The fourth-order valence-corrected chi connectivity index (χ4v) is 3.36. The summed E-state index contributed by atoms with van der Waals surface area (Å²) in [7, 11) is 0. The molecule has 2 aromatic carbocycles. The van der Waals surface area contributed by atoms with E-state index in [1.807, 2.05) is 6.92 Å². The predicted molar refractivity (Wildman–Crippen MR) is 121 cm³/mol. The van der Waals surface area contributed by atoms with Crippen LogP contribution >= 0.6 is 0 Å². The molecule has 33 heavy (non-hydrogen) atoms. The highest BCUT2D eigenvalue weighted by Gasteiger charge is 2.20. The van der Waals surface area contributed by atoms with Crippen LogP contribution in [-0.4, -0.2) is 44.6 Å². The van der Waals surface area contributed by atoms with Crippen molar-refractivity contribution in [2.75, 3.05) is 13.2 Å². The number of nitrogens with zero attached hydrogens (tertiary/aromatic N) is 3. The molecule has 4 aromatic rings. The number of hydrogen-bond acceptors (Lipinski definition) is 7. The number of carbonyl (C=O) groups is 2. The maximum Gasteiger partial charge on any atom is 0.338 e. The van der Waals surface area contributed by atoms with E-state index in [9.17, 15) is 14.4 Å². The number of carbonyl (C=O) groups excluding carboxylic acids is 2. The van der Waals surface area contributed by atoms with Crippen molar-refractivity contribution >= 4 is 23.0 Å². The number of rotatable bonds is 7. The zero-order chi connectivity index (χ0) is 23.5. The molecule has 0 radical (unpaired) electrons. The van der Waals surface area contributed by atoms with Crippen LogP contribution in [0.25, 0.3) is 28.2 Å². The Kier molecular flexibility index (Phi) is 5.90. The topological polar surface area (TPSA) is 142 Å². The molecule has 0 atom stereocenters. The smallest absolute Gasteiger partial charge is 0.338 e. The summed E-state index contributed by atoms with van der Waals surface area (Å²) in [5.41, 5.74) is 6.59. The van der Waals surface area contributed by atoms with E-state index in [1.54, 1.807) is 55.5 Å². The number of aromatic nitrogens is 4. The summed E-state index contributed by atoms with van der Waals surface area (Å²) in [6.07, 6.45) is 0. The summed E-state index contributed by atoms with van der Waals surface area (Å²) in [5, 5.41) is 0. The van der Waals surface area contributed by atoms with Crippen LogP contribution in [0.4, 0.5) is 0 Å². The molecule has 0 spiro atoms. The molecule has 0 aliphatic heterocycles. The number of amides is 1. The Morgan fingerprint density at radius 2 is 1.70 bits per heavy atom. The van der Waals surface area contributed by atoms with Gasteiger partial charge in [-0.05, 0) is 62.4 Å². The summed E-state index contributed by atoms with van der Waals surface area (Å²) < 4.78 is 11.7. The van der Waals surface area contributed by atoms with Crippen molar-refractivity contribution in [1.29, 1.82) is 0 Å². The number of fused-ring (bicyclic) bond motifs is 1. The van der Waals surface area contributed by atoms with Gasteiger partial charge in [-0.15, -0.1) is 0 Å². The van der Waals surface area contributed by atoms with E-state index >= 15 is 0 Å². The molecule has 3 N–H and O–H groups in total. The molecule has 10 nitrogen and oxygen atoms in total. The van der Waals surface area contributed by atoms with Gasteiger partial charge < -0.3 is 20.2 Å². The van der Waals surface area contributed by atoms with Crippen LogP contribution in [0, 0.1) is 0 Å². The third kappa shape index (κ3) is 4.18. The van der Waals surface area contributed by atoms with Gasteiger partial charge >= 0.3 is 11.7 Å². The van der Waals surface area contributed by atoms with Gasteiger partial charge in [-0.2, -0.15) is 0 Å². The third-order valence-corrected chi connectivity index (χ3v) is 4.83. The predicted octanol–water partition coefficient (Wildman–Crippen LogP) is 2.45. The van der Waals surface area contributed by atoms with Crippen LogP contribution in [0.5, 0.6) is 5.75 Å². The van der Waals surface area contributed by atoms with Gasteiger partial charge in [-0.1, -0.05) is 0 Å². The van der Waals surface area contributed by atoms with Crippen LogP contribution in [0.15, 0.2) is 53.3 Å². The van der Waals surface area contributed by atoms with Gasteiger partial charge in [0.25, 0.3) is 5.91 Å². The molecule has 10 heteroatoms. The summed E-state index contributed by atoms with van der Waals surface area (Å²) in [6.45, 7) is 4.38. The van der Waals surface area contributed by atoms with Crippen molar-refractivity contribution in [3.05, 3.63) is 70.3 Å². The van der Waals surface area contributed by atoms with E-state index in [-0.39, 0.29) is 29.3 Å². The number of benzene rings is 2. The molecule has 0 saturated heterocycles. The zero-order valence-electron chi connectivity index (χ0n) is 18.0. The molecule has 0 saturated carbocycles. The summed E-state index contributed by atoms with van der Waals surface area (Å²) >= 11 is 0. The Balaban J connectivity index is 1.86. The van der Waals surface area contributed by atoms with E-state index < -0.39 is 17.6 Å². The molecule has 0 aliphatic rings. The van der Waals surface area contributed by atoms with Crippen molar-refractivity contribution in [3.8, 4) is 22.8 Å². The second-order valence-electron chi connectivity index (χ2n) is 6.95. The first-order chi connectivity index (χ1) is 15.9. The lowest BCUT2D eigenvalue weighted by Gasteiger charge is -2.08. The summed E-state index contributed by atoms with van der Waals surface area (Å²) in [5.74, 6) is -0.375. The molecule has 168 valence electrons. The van der Waals surface area contributed by atoms with Gasteiger partial charge in [-0.3, -0.25) is 4.79 Å². The fraction of sp³-hybridized carbons (Fsp3) is 0.174. The maximum atomic E-state index is 12.8. The Hall–Kier alpha value is -4.47. The number of nitrogens with two attached hydrogens (primary N) is 1. The molecule has 0 fully saturated rings. The molecule has 2 heterocycles. The van der Waals surface area contributed by atoms with Crippen molar-refractivity contribution in [2.24, 2.45) is 5.73 Å². The van der Waals surface area contributed by atoms with Gasteiger partial charge in [0.2, 0.25) is 0 Å².